The van der Waals surface area contributed by atoms with Gasteiger partial charge in [0.15, 0.2) is 0 Å². The molecule has 0 amide bonds. The predicted octanol–water partition coefficient (Wildman–Crippen LogP) is 1.58. The highest BCUT2D eigenvalue weighted by Crippen LogP contribution is 2.14. The lowest BCUT2D eigenvalue weighted by atomic mass is 10.1. The van der Waals surface area contributed by atoms with Crippen LogP contribution in [0.1, 0.15) is 24.0 Å². The van der Waals surface area contributed by atoms with Gasteiger partial charge in [0.2, 0.25) is 0 Å². The van der Waals surface area contributed by atoms with Gasteiger partial charge in [-0.1, -0.05) is 24.3 Å². The predicted molar refractivity (Wildman–Crippen MR) is 62.7 cm³/mol. The van der Waals surface area contributed by atoms with Crippen LogP contribution < -0.4 is 5.84 Å². The van der Waals surface area contributed by atoms with Crippen molar-refractivity contribution in [3.63, 3.8) is 0 Å². The zero-order valence-corrected chi connectivity index (χ0v) is 8.89. The van der Waals surface area contributed by atoms with Crippen LogP contribution in [0.3, 0.4) is 0 Å². The number of hydrogen-bond donors (Lipinski definition) is 1. The van der Waals surface area contributed by atoms with Crippen LogP contribution in [0.15, 0.2) is 29.4 Å². The molecule has 1 saturated heterocycles. The van der Waals surface area contributed by atoms with Crippen LogP contribution in [0, 0.1) is 0 Å². The summed E-state index contributed by atoms with van der Waals surface area (Å²) in [6, 6.07) is 8.29. The summed E-state index contributed by atoms with van der Waals surface area (Å²) in [5, 5.41) is 3.60. The number of hydrogen-bond acceptors (Lipinski definition) is 3. The fourth-order valence-corrected chi connectivity index (χ4v) is 2.07. The molecule has 3 heteroatoms. The Labute approximate surface area is 90.6 Å². The van der Waals surface area contributed by atoms with Crippen LogP contribution in [0.25, 0.3) is 0 Å². The Morgan fingerprint density at radius 3 is 2.73 bits per heavy atom. The third-order valence-electron chi connectivity index (χ3n) is 2.86. The van der Waals surface area contributed by atoms with Crippen LogP contribution in [0.4, 0.5) is 0 Å². The lowest BCUT2D eigenvalue weighted by Gasteiger charge is -2.15. The molecule has 0 radical (unpaired) electrons. The molecular formula is C12H17N3. The van der Waals surface area contributed by atoms with Crippen molar-refractivity contribution in [2.45, 2.75) is 19.4 Å². The molecule has 1 aliphatic heterocycles. The second-order valence-corrected chi connectivity index (χ2v) is 3.96. The second kappa shape index (κ2) is 4.94. The number of nitrogens with zero attached hydrogens (tertiary/aromatic N) is 2. The number of hydrazone groups is 1. The molecule has 0 bridgehead atoms. The lowest BCUT2D eigenvalue weighted by molar-refractivity contribution is 0.331. The van der Waals surface area contributed by atoms with Crippen LogP contribution in [0.2, 0.25) is 0 Å². The Bertz CT molecular complexity index is 340. The normalized spacial score (nSPS) is 17.6. The average Bonchev–Trinajstić information content (AvgIpc) is 2.74. The van der Waals surface area contributed by atoms with E-state index in [2.05, 4.69) is 28.2 Å². The Kier molecular flexibility index (Phi) is 3.35. The quantitative estimate of drug-likeness (QED) is 0.460. The third kappa shape index (κ3) is 2.57. The standard InChI is InChI=1S/C12H17N3/c13-14-9-11-5-1-2-6-12(11)10-15-7-3-4-8-15/h1-2,5-6,9H,3-4,7-8,10,13H2. The maximum Gasteiger partial charge on any atom is 0.0541 e. The molecule has 1 fully saturated rings. The van der Waals surface area contributed by atoms with Crippen LogP contribution in [0.5, 0.6) is 0 Å². The van der Waals surface area contributed by atoms with E-state index >= 15 is 0 Å². The SMILES string of the molecule is NN=Cc1ccccc1CN1CCCC1. The van der Waals surface area contributed by atoms with Gasteiger partial charge in [-0.15, -0.1) is 0 Å². The van der Waals surface area contributed by atoms with E-state index in [9.17, 15) is 0 Å². The topological polar surface area (TPSA) is 41.6 Å². The van der Waals surface area contributed by atoms with Gasteiger partial charge in [-0.25, -0.2) is 0 Å². The van der Waals surface area contributed by atoms with E-state index < -0.39 is 0 Å². The van der Waals surface area contributed by atoms with Crippen molar-refractivity contribution in [1.29, 1.82) is 0 Å². The number of rotatable bonds is 3. The van der Waals surface area contributed by atoms with Gasteiger partial charge in [-0.3, -0.25) is 4.90 Å². The highest BCUT2D eigenvalue weighted by Gasteiger charge is 2.12. The first-order chi connectivity index (χ1) is 7.40. The largest absolute Gasteiger partial charge is 0.323 e. The van der Waals surface area contributed by atoms with Crippen LogP contribution in [-0.2, 0) is 6.54 Å². The maximum absolute atomic E-state index is 5.19. The summed E-state index contributed by atoms with van der Waals surface area (Å²) in [4.78, 5) is 2.48. The molecule has 0 unspecified atom stereocenters. The summed E-state index contributed by atoms with van der Waals surface area (Å²) in [6.45, 7) is 3.45. The van der Waals surface area contributed by atoms with Gasteiger partial charge in [-0.2, -0.15) is 5.10 Å². The number of likely N-dealkylation sites (tertiary alicyclic amines) is 1. The fraction of sp³-hybridized carbons (Fsp3) is 0.417. The number of benzene rings is 1. The minimum Gasteiger partial charge on any atom is -0.323 e. The van der Waals surface area contributed by atoms with Crippen molar-refractivity contribution in [2.24, 2.45) is 10.9 Å². The van der Waals surface area contributed by atoms with Crippen LogP contribution in [-0.4, -0.2) is 24.2 Å². The fourth-order valence-electron chi connectivity index (χ4n) is 2.07. The van der Waals surface area contributed by atoms with Crippen LogP contribution >= 0.6 is 0 Å². The molecule has 0 aromatic heterocycles. The van der Waals surface area contributed by atoms with Crippen molar-refractivity contribution in [3.8, 4) is 0 Å². The highest BCUT2D eigenvalue weighted by molar-refractivity contribution is 5.81. The zero-order valence-electron chi connectivity index (χ0n) is 8.89. The molecule has 0 spiro atoms. The first-order valence-electron chi connectivity index (χ1n) is 5.43. The number of nitrogens with two attached hydrogens (primary N) is 1. The molecule has 3 nitrogen and oxygen atoms in total. The Morgan fingerprint density at radius 2 is 2.00 bits per heavy atom. The highest BCUT2D eigenvalue weighted by atomic mass is 15.1. The van der Waals surface area contributed by atoms with E-state index in [1.54, 1.807) is 6.21 Å². The molecule has 1 aromatic carbocycles. The molecule has 1 aromatic rings. The van der Waals surface area contributed by atoms with Crippen molar-refractivity contribution in [1.82, 2.24) is 4.90 Å². The average molecular weight is 203 g/mol. The first kappa shape index (κ1) is 10.2. The Balaban J connectivity index is 2.11. The summed E-state index contributed by atoms with van der Waals surface area (Å²) in [5.41, 5.74) is 2.44. The van der Waals surface area contributed by atoms with E-state index in [4.69, 9.17) is 5.84 Å². The first-order valence-corrected chi connectivity index (χ1v) is 5.43. The van der Waals surface area contributed by atoms with Gasteiger partial charge in [0.25, 0.3) is 0 Å². The molecule has 1 heterocycles. The van der Waals surface area contributed by atoms with Gasteiger partial charge < -0.3 is 5.84 Å². The molecular weight excluding hydrogens is 186 g/mol. The smallest absolute Gasteiger partial charge is 0.0541 e. The summed E-state index contributed by atoms with van der Waals surface area (Å²) in [7, 11) is 0. The van der Waals surface area contributed by atoms with E-state index in [1.807, 2.05) is 6.07 Å². The van der Waals surface area contributed by atoms with Crippen molar-refractivity contribution >= 4 is 6.21 Å². The minimum atomic E-state index is 1.02. The maximum atomic E-state index is 5.19. The molecule has 0 atom stereocenters. The van der Waals surface area contributed by atoms with Crippen molar-refractivity contribution in [2.75, 3.05) is 13.1 Å². The monoisotopic (exact) mass is 203 g/mol. The van der Waals surface area contributed by atoms with Gasteiger partial charge in [0.05, 0.1) is 6.21 Å². The van der Waals surface area contributed by atoms with Crippen molar-refractivity contribution < 1.29 is 0 Å². The third-order valence-corrected chi connectivity index (χ3v) is 2.86. The van der Waals surface area contributed by atoms with Crippen molar-refractivity contribution in [3.05, 3.63) is 35.4 Å². The molecule has 2 rings (SSSR count). The van der Waals surface area contributed by atoms with Gasteiger partial charge in [-0.05, 0) is 37.1 Å². The minimum absolute atomic E-state index is 1.02. The van der Waals surface area contributed by atoms with Gasteiger partial charge in [0.1, 0.15) is 0 Å². The lowest BCUT2D eigenvalue weighted by Crippen LogP contribution is -2.19. The summed E-state index contributed by atoms with van der Waals surface area (Å²) in [5.74, 6) is 5.19. The molecule has 2 N–H and O–H groups in total. The summed E-state index contributed by atoms with van der Waals surface area (Å²) >= 11 is 0. The molecule has 80 valence electrons. The van der Waals surface area contributed by atoms with E-state index in [0.29, 0.717) is 0 Å². The molecule has 0 aliphatic carbocycles. The van der Waals surface area contributed by atoms with Gasteiger partial charge >= 0.3 is 0 Å². The van der Waals surface area contributed by atoms with E-state index in [0.717, 1.165) is 12.1 Å². The Hall–Kier alpha value is -1.35. The molecule has 0 saturated carbocycles. The molecule has 15 heavy (non-hydrogen) atoms. The summed E-state index contributed by atoms with van der Waals surface area (Å²) < 4.78 is 0. The zero-order chi connectivity index (χ0) is 10.5. The molecule has 1 aliphatic rings. The van der Waals surface area contributed by atoms with E-state index in [-0.39, 0.29) is 0 Å². The second-order valence-electron chi connectivity index (χ2n) is 3.96. The van der Waals surface area contributed by atoms with E-state index in [1.165, 1.54) is 31.5 Å². The summed E-state index contributed by atoms with van der Waals surface area (Å²) in [6.07, 6.45) is 4.38. The Morgan fingerprint density at radius 1 is 1.27 bits per heavy atom. The van der Waals surface area contributed by atoms with Gasteiger partial charge in [0, 0.05) is 6.54 Å².